The SMILES string of the molecule is COC(=O)c1ccc2c(c1)nc(-c1cccc3nc(-c4ccc([N+](=O)[O-])cc4)c4cc5ccccc5n4c13)n2CC(C)C. The molecule has 0 radical (unpaired) electrons. The van der Waals surface area contributed by atoms with Crippen molar-refractivity contribution < 1.29 is 14.5 Å². The molecule has 0 unspecified atom stereocenters. The maximum atomic E-state index is 12.3. The van der Waals surface area contributed by atoms with Crippen LogP contribution in [0.4, 0.5) is 5.69 Å². The van der Waals surface area contributed by atoms with E-state index in [0.717, 1.165) is 62.2 Å². The summed E-state index contributed by atoms with van der Waals surface area (Å²) in [5.41, 5.74) is 8.09. The molecule has 3 aromatic heterocycles. The van der Waals surface area contributed by atoms with Gasteiger partial charge in [-0.25, -0.2) is 14.8 Å². The number of nitro benzene ring substituents is 1. The second-order valence-electron chi connectivity index (χ2n) is 11.0. The van der Waals surface area contributed by atoms with Crippen molar-refractivity contribution in [1.29, 1.82) is 0 Å². The van der Waals surface area contributed by atoms with Gasteiger partial charge in [0.1, 0.15) is 5.82 Å². The van der Waals surface area contributed by atoms with Gasteiger partial charge in [0.2, 0.25) is 0 Å². The number of hydrogen-bond donors (Lipinski definition) is 0. The number of hydrogen-bond acceptors (Lipinski definition) is 6. The number of methoxy groups -OCH3 is 1. The Hall–Kier alpha value is -5.57. The topological polar surface area (TPSA) is 105 Å². The van der Waals surface area contributed by atoms with Gasteiger partial charge in [0, 0.05) is 35.2 Å². The first-order chi connectivity index (χ1) is 20.8. The molecule has 0 atom stereocenters. The molecule has 0 amide bonds. The number of nitro groups is 1. The summed E-state index contributed by atoms with van der Waals surface area (Å²) in [7, 11) is 1.37. The average Bonchev–Trinajstić information content (AvgIpc) is 3.58. The molecule has 0 aliphatic carbocycles. The first-order valence-corrected chi connectivity index (χ1v) is 14.0. The van der Waals surface area contributed by atoms with Crippen molar-refractivity contribution in [3.8, 4) is 22.6 Å². The fraction of sp³-hybridized carbons (Fsp3) is 0.147. The summed E-state index contributed by atoms with van der Waals surface area (Å²) in [6.07, 6.45) is 0. The highest BCUT2D eigenvalue weighted by atomic mass is 16.6. The normalized spacial score (nSPS) is 11.7. The summed E-state index contributed by atoms with van der Waals surface area (Å²) in [6, 6.07) is 28.3. The van der Waals surface area contributed by atoms with Gasteiger partial charge >= 0.3 is 5.97 Å². The Bertz CT molecular complexity index is 2230. The van der Waals surface area contributed by atoms with Crippen molar-refractivity contribution in [1.82, 2.24) is 18.9 Å². The van der Waals surface area contributed by atoms with Crippen molar-refractivity contribution in [2.45, 2.75) is 20.4 Å². The summed E-state index contributed by atoms with van der Waals surface area (Å²) in [5.74, 6) is 0.710. The number of ether oxygens (including phenoxy) is 1. The quantitative estimate of drug-likeness (QED) is 0.116. The Balaban J connectivity index is 1.56. The molecule has 9 heteroatoms. The standard InChI is InChI=1S/C34H27N5O4/c1-20(2)19-37-29-16-13-23(34(40)43-3)17-27(29)36-33(37)25-8-6-9-26-32(25)38-28-10-5-4-7-22(28)18-30(38)31(35-26)21-11-14-24(15-12-21)39(41)42/h4-18,20H,19H2,1-3H3. The van der Waals surface area contributed by atoms with E-state index in [2.05, 4.69) is 47.1 Å². The minimum Gasteiger partial charge on any atom is -0.465 e. The van der Waals surface area contributed by atoms with Crippen LogP contribution in [0.2, 0.25) is 0 Å². The van der Waals surface area contributed by atoms with Crippen LogP contribution in [-0.2, 0) is 11.3 Å². The number of benzene rings is 4. The first-order valence-electron chi connectivity index (χ1n) is 14.0. The van der Waals surface area contributed by atoms with Crippen molar-refractivity contribution in [2.24, 2.45) is 5.92 Å². The number of imidazole rings is 1. The summed E-state index contributed by atoms with van der Waals surface area (Å²) in [4.78, 5) is 33.4. The van der Waals surface area contributed by atoms with E-state index in [1.54, 1.807) is 24.3 Å². The monoisotopic (exact) mass is 569 g/mol. The zero-order chi connectivity index (χ0) is 29.8. The van der Waals surface area contributed by atoms with Crippen LogP contribution >= 0.6 is 0 Å². The molecular formula is C34H27N5O4. The maximum Gasteiger partial charge on any atom is 0.337 e. The Labute approximate surface area is 246 Å². The number of fused-ring (bicyclic) bond motifs is 6. The van der Waals surface area contributed by atoms with Crippen LogP contribution in [0, 0.1) is 16.0 Å². The second kappa shape index (κ2) is 10.1. The van der Waals surface area contributed by atoms with Crippen LogP contribution in [0.5, 0.6) is 0 Å². The van der Waals surface area contributed by atoms with E-state index >= 15 is 0 Å². The molecule has 3 heterocycles. The number of esters is 1. The van der Waals surface area contributed by atoms with Crippen LogP contribution in [0.1, 0.15) is 24.2 Å². The Morgan fingerprint density at radius 3 is 2.42 bits per heavy atom. The minimum absolute atomic E-state index is 0.0304. The van der Waals surface area contributed by atoms with Crippen LogP contribution in [0.15, 0.2) is 91.0 Å². The molecule has 0 aliphatic heterocycles. The molecule has 0 fully saturated rings. The molecule has 7 aromatic rings. The number of nitrogens with zero attached hydrogens (tertiary/aromatic N) is 5. The first kappa shape index (κ1) is 26.3. The molecule has 4 aromatic carbocycles. The maximum absolute atomic E-state index is 12.3. The van der Waals surface area contributed by atoms with Gasteiger partial charge in [0.05, 0.1) is 56.4 Å². The zero-order valence-corrected chi connectivity index (χ0v) is 23.8. The third-order valence-corrected chi connectivity index (χ3v) is 7.73. The molecule has 7 rings (SSSR count). The van der Waals surface area contributed by atoms with Gasteiger partial charge in [0.15, 0.2) is 0 Å². The van der Waals surface area contributed by atoms with Gasteiger partial charge in [0.25, 0.3) is 5.69 Å². The average molecular weight is 570 g/mol. The molecule has 0 spiro atoms. The number of para-hydroxylation sites is 2. The highest BCUT2D eigenvalue weighted by Gasteiger charge is 2.22. The van der Waals surface area contributed by atoms with Crippen molar-refractivity contribution in [2.75, 3.05) is 7.11 Å². The van der Waals surface area contributed by atoms with E-state index in [1.807, 2.05) is 30.3 Å². The summed E-state index contributed by atoms with van der Waals surface area (Å²) in [5, 5.41) is 12.4. The lowest BCUT2D eigenvalue weighted by Gasteiger charge is -2.16. The third-order valence-electron chi connectivity index (χ3n) is 7.73. The number of carbonyl (C=O) groups is 1. The summed E-state index contributed by atoms with van der Waals surface area (Å²) < 4.78 is 9.37. The van der Waals surface area contributed by atoms with Gasteiger partial charge in [-0.15, -0.1) is 0 Å². The summed E-state index contributed by atoms with van der Waals surface area (Å²) in [6.45, 7) is 5.05. The van der Waals surface area contributed by atoms with Crippen molar-refractivity contribution in [3.63, 3.8) is 0 Å². The molecule has 9 nitrogen and oxygen atoms in total. The molecule has 0 saturated carbocycles. The van der Waals surface area contributed by atoms with Gasteiger partial charge in [-0.2, -0.15) is 0 Å². The zero-order valence-electron chi connectivity index (χ0n) is 23.8. The molecule has 212 valence electrons. The molecule has 0 bridgehead atoms. The van der Waals surface area contributed by atoms with Crippen LogP contribution < -0.4 is 0 Å². The number of rotatable bonds is 6. The number of carbonyl (C=O) groups excluding carboxylic acids is 1. The molecule has 0 N–H and O–H groups in total. The lowest BCUT2D eigenvalue weighted by molar-refractivity contribution is -0.384. The van der Waals surface area contributed by atoms with Crippen molar-refractivity contribution >= 4 is 50.1 Å². The van der Waals surface area contributed by atoms with Gasteiger partial charge in [-0.1, -0.05) is 38.1 Å². The Morgan fingerprint density at radius 1 is 0.884 bits per heavy atom. The lowest BCUT2D eigenvalue weighted by atomic mass is 10.1. The largest absolute Gasteiger partial charge is 0.465 e. The van der Waals surface area contributed by atoms with E-state index < -0.39 is 10.9 Å². The van der Waals surface area contributed by atoms with E-state index in [1.165, 1.54) is 19.2 Å². The Morgan fingerprint density at radius 2 is 1.67 bits per heavy atom. The van der Waals surface area contributed by atoms with Gasteiger partial charge in [-0.05, 0) is 60.5 Å². The highest BCUT2D eigenvalue weighted by molar-refractivity contribution is 6.03. The molecule has 43 heavy (non-hydrogen) atoms. The molecule has 0 aliphatic rings. The van der Waals surface area contributed by atoms with E-state index in [4.69, 9.17) is 14.7 Å². The fourth-order valence-electron chi connectivity index (χ4n) is 5.87. The highest BCUT2D eigenvalue weighted by Crippen LogP contribution is 2.37. The van der Waals surface area contributed by atoms with Crippen molar-refractivity contribution in [3.05, 3.63) is 107 Å². The smallest absolute Gasteiger partial charge is 0.337 e. The molecular weight excluding hydrogens is 542 g/mol. The van der Waals surface area contributed by atoms with Gasteiger partial charge < -0.3 is 13.7 Å². The fourth-order valence-corrected chi connectivity index (χ4v) is 5.87. The number of non-ortho nitro benzene ring substituents is 1. The van der Waals surface area contributed by atoms with E-state index in [0.29, 0.717) is 17.0 Å². The number of aromatic nitrogens is 4. The van der Waals surface area contributed by atoms with E-state index in [9.17, 15) is 14.9 Å². The van der Waals surface area contributed by atoms with Crippen LogP contribution in [0.3, 0.4) is 0 Å². The molecule has 0 saturated heterocycles. The lowest BCUT2D eigenvalue weighted by Crippen LogP contribution is -2.07. The predicted molar refractivity (Wildman–Crippen MR) is 167 cm³/mol. The Kier molecular flexibility index (Phi) is 6.16. The third kappa shape index (κ3) is 4.28. The predicted octanol–water partition coefficient (Wildman–Crippen LogP) is 7.68. The summed E-state index contributed by atoms with van der Waals surface area (Å²) >= 11 is 0. The van der Waals surface area contributed by atoms with E-state index in [-0.39, 0.29) is 5.69 Å². The van der Waals surface area contributed by atoms with Crippen LogP contribution in [-0.4, -0.2) is 36.9 Å². The van der Waals surface area contributed by atoms with Crippen LogP contribution in [0.25, 0.3) is 61.1 Å². The second-order valence-corrected chi connectivity index (χ2v) is 11.0. The minimum atomic E-state index is -0.407. The van der Waals surface area contributed by atoms with Gasteiger partial charge in [-0.3, -0.25) is 10.1 Å².